The molecule has 31 heavy (non-hydrogen) atoms. The quantitative estimate of drug-likeness (QED) is 0.611. The average molecular weight is 405 g/mol. The molecule has 2 nitrogen and oxygen atoms in total. The summed E-state index contributed by atoms with van der Waals surface area (Å²) in [6.07, 6.45) is 9.34. The zero-order valence-corrected chi connectivity index (χ0v) is 17.1. The lowest BCUT2D eigenvalue weighted by molar-refractivity contribution is -0.0430. The van der Waals surface area contributed by atoms with Gasteiger partial charge in [0.1, 0.15) is 11.2 Å². The van der Waals surface area contributed by atoms with E-state index in [1.54, 1.807) is 0 Å². The molecule has 2 N–H and O–H groups in total. The Bertz CT molecular complexity index is 1240. The van der Waals surface area contributed by atoms with Crippen molar-refractivity contribution in [3.63, 3.8) is 0 Å². The fourth-order valence-corrected chi connectivity index (χ4v) is 6.89. The third-order valence-corrected chi connectivity index (χ3v) is 8.25. The van der Waals surface area contributed by atoms with E-state index in [4.69, 9.17) is 0 Å². The van der Waals surface area contributed by atoms with Gasteiger partial charge in [0, 0.05) is 17.8 Å². The molecule has 4 aliphatic carbocycles. The molecular weight excluding hydrogens is 380 g/mol. The Morgan fingerprint density at radius 2 is 1.23 bits per heavy atom. The second-order valence-corrected chi connectivity index (χ2v) is 9.54. The number of allylic oxidation sites excluding steroid dienone is 3. The Morgan fingerprint density at radius 1 is 0.645 bits per heavy atom. The van der Waals surface area contributed by atoms with Crippen LogP contribution in [0.1, 0.15) is 34.6 Å². The standard InChI is InChI=1S/C29H24O2/c30-28(22-13-5-1-9-18(22)19-10-2-6-14-23(19)28)26-17-27(26)29(31)24-15-7-3-11-20(24)21-12-4-8-16-25(21)29/h1-16,18,22,26-27,30-31H,17H2. The van der Waals surface area contributed by atoms with Crippen LogP contribution in [0, 0.1) is 17.8 Å². The molecule has 0 aromatic heterocycles. The average Bonchev–Trinajstić information content (AvgIpc) is 3.56. The summed E-state index contributed by atoms with van der Waals surface area (Å²) in [6, 6.07) is 24.8. The summed E-state index contributed by atoms with van der Waals surface area (Å²) in [5.41, 5.74) is 4.43. The summed E-state index contributed by atoms with van der Waals surface area (Å²) >= 11 is 0. The first-order valence-electron chi connectivity index (χ1n) is 11.2. The van der Waals surface area contributed by atoms with Gasteiger partial charge in [-0.25, -0.2) is 0 Å². The molecule has 5 atom stereocenters. The normalized spacial score (nSPS) is 32.8. The Kier molecular flexibility index (Phi) is 3.34. The van der Waals surface area contributed by atoms with Crippen molar-refractivity contribution in [2.75, 3.05) is 0 Å². The van der Waals surface area contributed by atoms with Crippen LogP contribution in [0.15, 0.2) is 97.1 Å². The van der Waals surface area contributed by atoms with Gasteiger partial charge in [0.15, 0.2) is 0 Å². The molecule has 7 rings (SSSR count). The fraction of sp³-hybridized carbons (Fsp3) is 0.241. The first kappa shape index (κ1) is 17.7. The molecule has 2 heteroatoms. The second kappa shape index (κ2) is 5.85. The van der Waals surface area contributed by atoms with Crippen LogP contribution in [0.4, 0.5) is 0 Å². The van der Waals surface area contributed by atoms with E-state index in [0.29, 0.717) is 0 Å². The van der Waals surface area contributed by atoms with E-state index in [2.05, 4.69) is 66.8 Å². The maximum atomic E-state index is 12.3. The van der Waals surface area contributed by atoms with Crippen molar-refractivity contribution in [3.8, 4) is 11.1 Å². The highest BCUT2D eigenvalue weighted by Gasteiger charge is 2.67. The zero-order chi connectivity index (χ0) is 20.8. The van der Waals surface area contributed by atoms with Crippen LogP contribution in [-0.4, -0.2) is 10.2 Å². The van der Waals surface area contributed by atoms with Crippen LogP contribution in [0.25, 0.3) is 11.1 Å². The van der Waals surface area contributed by atoms with Gasteiger partial charge in [-0.1, -0.05) is 97.1 Å². The Labute approximate surface area is 182 Å². The van der Waals surface area contributed by atoms with E-state index < -0.39 is 11.2 Å². The monoisotopic (exact) mass is 404 g/mol. The van der Waals surface area contributed by atoms with Gasteiger partial charge in [-0.2, -0.15) is 0 Å². The third-order valence-electron chi connectivity index (χ3n) is 8.25. The summed E-state index contributed by atoms with van der Waals surface area (Å²) < 4.78 is 0. The van der Waals surface area contributed by atoms with Crippen molar-refractivity contribution in [1.82, 2.24) is 0 Å². The van der Waals surface area contributed by atoms with Crippen molar-refractivity contribution in [2.45, 2.75) is 23.5 Å². The summed E-state index contributed by atoms with van der Waals surface area (Å²) in [5.74, 6) is 0.197. The van der Waals surface area contributed by atoms with Gasteiger partial charge in [0.25, 0.3) is 0 Å². The van der Waals surface area contributed by atoms with Gasteiger partial charge in [-0.3, -0.25) is 0 Å². The summed E-state index contributed by atoms with van der Waals surface area (Å²) in [7, 11) is 0. The molecule has 0 spiro atoms. The van der Waals surface area contributed by atoms with Crippen LogP contribution >= 0.6 is 0 Å². The molecule has 0 heterocycles. The molecule has 0 aliphatic heterocycles. The molecule has 0 amide bonds. The first-order valence-corrected chi connectivity index (χ1v) is 11.2. The van der Waals surface area contributed by atoms with E-state index >= 15 is 0 Å². The number of benzene rings is 3. The maximum Gasteiger partial charge on any atom is 0.119 e. The topological polar surface area (TPSA) is 40.5 Å². The van der Waals surface area contributed by atoms with Gasteiger partial charge < -0.3 is 10.2 Å². The predicted octanol–water partition coefficient (Wildman–Crippen LogP) is 5.27. The molecule has 152 valence electrons. The highest BCUT2D eigenvalue weighted by molar-refractivity contribution is 5.80. The molecule has 0 bridgehead atoms. The van der Waals surface area contributed by atoms with Gasteiger partial charge in [0.05, 0.1) is 0 Å². The fourth-order valence-electron chi connectivity index (χ4n) is 6.89. The highest BCUT2D eigenvalue weighted by Crippen LogP contribution is 2.69. The third kappa shape index (κ3) is 2.05. The molecule has 1 fully saturated rings. The van der Waals surface area contributed by atoms with Crippen molar-refractivity contribution >= 4 is 0 Å². The van der Waals surface area contributed by atoms with E-state index in [-0.39, 0.29) is 23.7 Å². The van der Waals surface area contributed by atoms with E-state index in [0.717, 1.165) is 34.2 Å². The van der Waals surface area contributed by atoms with Gasteiger partial charge >= 0.3 is 0 Å². The van der Waals surface area contributed by atoms with Crippen molar-refractivity contribution < 1.29 is 10.2 Å². The molecule has 0 radical (unpaired) electrons. The second-order valence-electron chi connectivity index (χ2n) is 9.54. The lowest BCUT2D eigenvalue weighted by Gasteiger charge is -2.35. The summed E-state index contributed by atoms with van der Waals surface area (Å²) in [5, 5.41) is 24.6. The van der Waals surface area contributed by atoms with Crippen molar-refractivity contribution in [1.29, 1.82) is 0 Å². The minimum absolute atomic E-state index is 0.00372. The van der Waals surface area contributed by atoms with E-state index in [1.807, 2.05) is 30.3 Å². The highest BCUT2D eigenvalue weighted by atomic mass is 16.3. The van der Waals surface area contributed by atoms with Crippen LogP contribution in [0.2, 0.25) is 0 Å². The van der Waals surface area contributed by atoms with Crippen molar-refractivity contribution in [2.24, 2.45) is 17.8 Å². The van der Waals surface area contributed by atoms with Crippen LogP contribution < -0.4 is 0 Å². The van der Waals surface area contributed by atoms with Gasteiger partial charge in [0.2, 0.25) is 0 Å². The minimum Gasteiger partial charge on any atom is -0.384 e. The van der Waals surface area contributed by atoms with Crippen molar-refractivity contribution in [3.05, 3.63) is 119 Å². The first-order chi connectivity index (χ1) is 15.1. The van der Waals surface area contributed by atoms with Gasteiger partial charge in [-0.05, 0) is 45.7 Å². The smallest absolute Gasteiger partial charge is 0.119 e. The van der Waals surface area contributed by atoms with Gasteiger partial charge in [-0.15, -0.1) is 0 Å². The van der Waals surface area contributed by atoms with E-state index in [9.17, 15) is 10.2 Å². The largest absolute Gasteiger partial charge is 0.384 e. The molecule has 3 aromatic rings. The SMILES string of the molecule is OC1(C2CC2C2(O)c3ccccc3C3C=CC=CC32)c2ccccc2-c2ccccc21. The Morgan fingerprint density at radius 3 is 1.94 bits per heavy atom. The van der Waals surface area contributed by atoms with Crippen LogP contribution in [0.5, 0.6) is 0 Å². The lowest BCUT2D eigenvalue weighted by Crippen LogP contribution is -2.38. The lowest BCUT2D eigenvalue weighted by atomic mass is 9.75. The molecule has 5 unspecified atom stereocenters. The number of aliphatic hydroxyl groups is 2. The number of fused-ring (bicyclic) bond motifs is 6. The van der Waals surface area contributed by atoms with Crippen LogP contribution in [-0.2, 0) is 11.2 Å². The maximum absolute atomic E-state index is 12.3. The summed E-state index contributed by atoms with van der Waals surface area (Å²) in [6.45, 7) is 0. The minimum atomic E-state index is -1.06. The number of rotatable bonds is 2. The molecule has 4 aliphatic rings. The number of hydrogen-bond donors (Lipinski definition) is 2. The Hall–Kier alpha value is -2.94. The number of hydrogen-bond acceptors (Lipinski definition) is 2. The predicted molar refractivity (Wildman–Crippen MR) is 121 cm³/mol. The summed E-state index contributed by atoms with van der Waals surface area (Å²) in [4.78, 5) is 0. The molecule has 0 saturated heterocycles. The molecular formula is C29H24O2. The van der Waals surface area contributed by atoms with E-state index in [1.165, 1.54) is 5.56 Å². The molecule has 1 saturated carbocycles. The molecule has 3 aromatic carbocycles. The van der Waals surface area contributed by atoms with Crippen LogP contribution in [0.3, 0.4) is 0 Å². The zero-order valence-electron chi connectivity index (χ0n) is 17.1. The Balaban J connectivity index is 1.37.